The average molecular weight is 340 g/mol. The number of fused-ring (bicyclic) bond motifs is 1. The molecule has 3 rings (SSSR count). The predicted molar refractivity (Wildman–Crippen MR) is 98.4 cm³/mol. The van der Waals surface area contributed by atoms with Crippen LogP contribution in [0, 0.1) is 13.8 Å². The molecule has 0 saturated carbocycles. The van der Waals surface area contributed by atoms with Crippen molar-refractivity contribution in [2.24, 2.45) is 0 Å². The Bertz CT molecular complexity index is 760. The summed E-state index contributed by atoms with van der Waals surface area (Å²) in [5, 5.41) is 2.97. The second-order valence-corrected chi connectivity index (χ2v) is 6.56. The number of ether oxygens (including phenoxy) is 2. The van der Waals surface area contributed by atoms with Crippen LogP contribution in [0.5, 0.6) is 11.5 Å². The first-order valence-corrected chi connectivity index (χ1v) is 8.45. The number of rotatable bonds is 5. The summed E-state index contributed by atoms with van der Waals surface area (Å²) in [4.78, 5) is 14.2. The molecule has 0 spiro atoms. The second-order valence-electron chi connectivity index (χ2n) is 6.56. The summed E-state index contributed by atoms with van der Waals surface area (Å²) in [6.07, 6.45) is -0.0891. The zero-order chi connectivity index (χ0) is 17.8. The molecule has 0 aliphatic carbocycles. The molecule has 0 bridgehead atoms. The third kappa shape index (κ3) is 4.51. The molecule has 1 atom stereocenters. The van der Waals surface area contributed by atoms with E-state index in [-0.39, 0.29) is 12.0 Å². The van der Waals surface area contributed by atoms with Crippen molar-refractivity contribution in [2.45, 2.75) is 20.0 Å². The number of likely N-dealkylation sites (N-methyl/N-ethyl adjacent to an activating group) is 1. The SMILES string of the molecule is Cc1ccc(NC(=O)CN(C)C[C@H]2COc3ccccc3O2)c(C)c1. The van der Waals surface area contributed by atoms with Gasteiger partial charge in [0.25, 0.3) is 0 Å². The summed E-state index contributed by atoms with van der Waals surface area (Å²) >= 11 is 0. The van der Waals surface area contributed by atoms with Crippen LogP contribution in [0.3, 0.4) is 0 Å². The van der Waals surface area contributed by atoms with Crippen molar-refractivity contribution < 1.29 is 14.3 Å². The Morgan fingerprint density at radius 2 is 1.96 bits per heavy atom. The first kappa shape index (κ1) is 17.3. The van der Waals surface area contributed by atoms with Crippen molar-refractivity contribution in [2.75, 3.05) is 32.1 Å². The Morgan fingerprint density at radius 3 is 2.72 bits per heavy atom. The van der Waals surface area contributed by atoms with Crippen molar-refractivity contribution in [1.82, 2.24) is 4.90 Å². The molecule has 132 valence electrons. The predicted octanol–water partition coefficient (Wildman–Crippen LogP) is 3.01. The van der Waals surface area contributed by atoms with Crippen LogP contribution in [0.1, 0.15) is 11.1 Å². The lowest BCUT2D eigenvalue weighted by atomic mass is 10.1. The van der Waals surface area contributed by atoms with E-state index in [1.54, 1.807) is 0 Å². The fraction of sp³-hybridized carbons (Fsp3) is 0.350. The minimum absolute atomic E-state index is 0.0356. The normalized spacial score (nSPS) is 15.9. The summed E-state index contributed by atoms with van der Waals surface area (Å²) < 4.78 is 11.6. The highest BCUT2D eigenvalue weighted by atomic mass is 16.6. The fourth-order valence-corrected chi connectivity index (χ4v) is 2.95. The molecule has 2 aromatic carbocycles. The number of benzene rings is 2. The molecule has 2 aromatic rings. The van der Waals surface area contributed by atoms with Gasteiger partial charge < -0.3 is 14.8 Å². The molecule has 5 nitrogen and oxygen atoms in total. The molecule has 0 fully saturated rings. The number of carbonyl (C=O) groups is 1. The number of aryl methyl sites for hydroxylation is 2. The lowest BCUT2D eigenvalue weighted by molar-refractivity contribution is -0.117. The van der Waals surface area contributed by atoms with E-state index >= 15 is 0 Å². The summed E-state index contributed by atoms with van der Waals surface area (Å²) in [5.74, 6) is 1.49. The maximum atomic E-state index is 12.3. The number of hydrogen-bond acceptors (Lipinski definition) is 4. The van der Waals surface area contributed by atoms with Crippen LogP contribution in [-0.4, -0.2) is 43.7 Å². The maximum absolute atomic E-state index is 12.3. The number of anilines is 1. The average Bonchev–Trinajstić information content (AvgIpc) is 2.57. The number of carbonyl (C=O) groups excluding carboxylic acids is 1. The molecule has 25 heavy (non-hydrogen) atoms. The van der Waals surface area contributed by atoms with Gasteiger partial charge >= 0.3 is 0 Å². The monoisotopic (exact) mass is 340 g/mol. The molecular weight excluding hydrogens is 316 g/mol. The van der Waals surface area contributed by atoms with Gasteiger partial charge in [-0.25, -0.2) is 0 Å². The zero-order valence-electron chi connectivity index (χ0n) is 14.9. The van der Waals surface area contributed by atoms with Crippen molar-refractivity contribution >= 4 is 11.6 Å². The number of nitrogens with zero attached hydrogens (tertiary/aromatic N) is 1. The number of nitrogens with one attached hydrogen (secondary N) is 1. The van der Waals surface area contributed by atoms with Crippen LogP contribution in [0.4, 0.5) is 5.69 Å². The smallest absolute Gasteiger partial charge is 0.238 e. The lowest BCUT2D eigenvalue weighted by Gasteiger charge is -2.29. The fourth-order valence-electron chi connectivity index (χ4n) is 2.95. The van der Waals surface area contributed by atoms with Gasteiger partial charge in [0.2, 0.25) is 5.91 Å². The second kappa shape index (κ2) is 7.57. The molecule has 0 saturated heterocycles. The van der Waals surface area contributed by atoms with Crippen molar-refractivity contribution in [1.29, 1.82) is 0 Å². The van der Waals surface area contributed by atoms with Gasteiger partial charge in [0.1, 0.15) is 12.7 Å². The Balaban J connectivity index is 1.51. The molecule has 1 N–H and O–H groups in total. The van der Waals surface area contributed by atoms with E-state index < -0.39 is 0 Å². The van der Waals surface area contributed by atoms with Gasteiger partial charge in [-0.3, -0.25) is 9.69 Å². The van der Waals surface area contributed by atoms with E-state index in [0.29, 0.717) is 19.7 Å². The van der Waals surface area contributed by atoms with Gasteiger partial charge in [-0.05, 0) is 44.7 Å². The highest BCUT2D eigenvalue weighted by molar-refractivity contribution is 5.92. The van der Waals surface area contributed by atoms with E-state index in [4.69, 9.17) is 9.47 Å². The van der Waals surface area contributed by atoms with E-state index in [9.17, 15) is 4.79 Å². The molecule has 1 aliphatic heterocycles. The van der Waals surface area contributed by atoms with Gasteiger partial charge in [0, 0.05) is 12.2 Å². The highest BCUT2D eigenvalue weighted by Crippen LogP contribution is 2.30. The van der Waals surface area contributed by atoms with Crippen molar-refractivity contribution in [3.8, 4) is 11.5 Å². The van der Waals surface area contributed by atoms with Crippen LogP contribution in [0.25, 0.3) is 0 Å². The number of amides is 1. The molecule has 0 radical (unpaired) electrons. The summed E-state index contributed by atoms with van der Waals surface area (Å²) in [6, 6.07) is 13.6. The van der Waals surface area contributed by atoms with E-state index in [0.717, 1.165) is 22.7 Å². The van der Waals surface area contributed by atoms with E-state index in [1.807, 2.05) is 62.2 Å². The van der Waals surface area contributed by atoms with Gasteiger partial charge in [-0.1, -0.05) is 29.8 Å². The maximum Gasteiger partial charge on any atom is 0.238 e. The lowest BCUT2D eigenvalue weighted by Crippen LogP contribution is -2.42. The van der Waals surface area contributed by atoms with Crippen molar-refractivity contribution in [3.63, 3.8) is 0 Å². The van der Waals surface area contributed by atoms with Crippen LogP contribution in [0.2, 0.25) is 0 Å². The molecule has 1 aliphatic rings. The summed E-state index contributed by atoms with van der Waals surface area (Å²) in [5.41, 5.74) is 3.11. The molecule has 5 heteroatoms. The van der Waals surface area contributed by atoms with E-state index in [1.165, 1.54) is 5.56 Å². The third-order valence-corrected chi connectivity index (χ3v) is 4.15. The van der Waals surface area contributed by atoms with Crippen molar-refractivity contribution in [3.05, 3.63) is 53.6 Å². The first-order valence-electron chi connectivity index (χ1n) is 8.45. The largest absolute Gasteiger partial charge is 0.486 e. The Labute approximate surface area is 148 Å². The summed E-state index contributed by atoms with van der Waals surface area (Å²) in [7, 11) is 1.91. The first-order chi connectivity index (χ1) is 12.0. The minimum atomic E-state index is -0.0891. The zero-order valence-corrected chi connectivity index (χ0v) is 14.9. The van der Waals surface area contributed by atoms with Gasteiger partial charge in [-0.15, -0.1) is 0 Å². The van der Waals surface area contributed by atoms with Gasteiger partial charge in [-0.2, -0.15) is 0 Å². The Hall–Kier alpha value is -2.53. The number of para-hydroxylation sites is 2. The van der Waals surface area contributed by atoms with Crippen LogP contribution >= 0.6 is 0 Å². The minimum Gasteiger partial charge on any atom is -0.486 e. The summed E-state index contributed by atoms with van der Waals surface area (Å²) in [6.45, 7) is 5.44. The molecule has 1 amide bonds. The highest BCUT2D eigenvalue weighted by Gasteiger charge is 2.22. The molecule has 0 unspecified atom stereocenters. The quantitative estimate of drug-likeness (QED) is 0.909. The third-order valence-electron chi connectivity index (χ3n) is 4.15. The molecule has 1 heterocycles. The van der Waals surface area contributed by atoms with Gasteiger partial charge in [0.05, 0.1) is 6.54 Å². The topological polar surface area (TPSA) is 50.8 Å². The van der Waals surface area contributed by atoms with E-state index in [2.05, 4.69) is 11.4 Å². The Kier molecular flexibility index (Phi) is 5.24. The Morgan fingerprint density at radius 1 is 1.20 bits per heavy atom. The van der Waals surface area contributed by atoms with Crippen LogP contribution in [0.15, 0.2) is 42.5 Å². The molecule has 0 aromatic heterocycles. The van der Waals surface area contributed by atoms with Crippen LogP contribution in [-0.2, 0) is 4.79 Å². The molecular formula is C20H24N2O3. The standard InChI is InChI=1S/C20H24N2O3/c1-14-8-9-17(15(2)10-14)21-20(23)12-22(3)11-16-13-24-18-6-4-5-7-19(18)25-16/h4-10,16H,11-13H2,1-3H3,(H,21,23)/t16-/m0/s1. The van der Waals surface area contributed by atoms with Crippen LogP contribution < -0.4 is 14.8 Å². The van der Waals surface area contributed by atoms with Gasteiger partial charge in [0.15, 0.2) is 11.5 Å². The number of hydrogen-bond donors (Lipinski definition) is 1.